The number of hydrogen-bond acceptors (Lipinski definition) is 3. The van der Waals surface area contributed by atoms with Gasteiger partial charge < -0.3 is 15.6 Å². The van der Waals surface area contributed by atoms with E-state index in [1.54, 1.807) is 17.9 Å². The Labute approximate surface area is 139 Å². The van der Waals surface area contributed by atoms with Gasteiger partial charge in [0, 0.05) is 24.7 Å². The molecule has 1 aliphatic heterocycles. The Morgan fingerprint density at radius 3 is 2.58 bits per heavy atom. The number of nitrogens with two attached hydrogens (primary N) is 1. The Morgan fingerprint density at radius 1 is 1.29 bits per heavy atom. The number of benzene rings is 1. The number of likely N-dealkylation sites (tertiary alicyclic amines) is 1. The van der Waals surface area contributed by atoms with Gasteiger partial charge in [-0.15, -0.1) is 0 Å². The number of nitrogens with one attached hydrogen (secondary N) is 1. The maximum atomic E-state index is 12.8. The third-order valence-electron chi connectivity index (χ3n) is 4.57. The highest BCUT2D eigenvalue weighted by molar-refractivity contribution is 5.96. The van der Waals surface area contributed by atoms with E-state index in [1.165, 1.54) is 0 Å². The summed E-state index contributed by atoms with van der Waals surface area (Å²) in [7, 11) is 0. The molecule has 0 saturated carbocycles. The summed E-state index contributed by atoms with van der Waals surface area (Å²) in [5, 5.41) is 8.96. The zero-order valence-electron chi connectivity index (χ0n) is 13.3. The van der Waals surface area contributed by atoms with Crippen molar-refractivity contribution in [1.29, 1.82) is 5.26 Å². The zero-order chi connectivity index (χ0) is 17.3. The number of amides is 2. The first-order chi connectivity index (χ1) is 11.5. The fourth-order valence-corrected chi connectivity index (χ4v) is 3.31. The molecule has 1 fully saturated rings. The molecule has 0 spiro atoms. The van der Waals surface area contributed by atoms with Crippen molar-refractivity contribution in [2.75, 3.05) is 13.1 Å². The van der Waals surface area contributed by atoms with Crippen LogP contribution in [0, 0.1) is 24.2 Å². The van der Waals surface area contributed by atoms with Crippen LogP contribution in [0.5, 0.6) is 0 Å². The van der Waals surface area contributed by atoms with Crippen LogP contribution in [0.3, 0.4) is 0 Å². The van der Waals surface area contributed by atoms with Gasteiger partial charge in [0.05, 0.1) is 11.5 Å². The molecule has 1 aromatic carbocycles. The molecule has 24 heavy (non-hydrogen) atoms. The van der Waals surface area contributed by atoms with Gasteiger partial charge >= 0.3 is 0 Å². The fraction of sp³-hybridized carbons (Fsp3) is 0.278. The van der Waals surface area contributed by atoms with E-state index in [-0.39, 0.29) is 11.8 Å². The summed E-state index contributed by atoms with van der Waals surface area (Å²) >= 11 is 0. The van der Waals surface area contributed by atoms with Crippen molar-refractivity contribution >= 4 is 11.8 Å². The minimum Gasteiger partial charge on any atom is -0.369 e. The van der Waals surface area contributed by atoms with Crippen LogP contribution in [0.25, 0.3) is 0 Å². The van der Waals surface area contributed by atoms with Crippen molar-refractivity contribution in [3.63, 3.8) is 0 Å². The highest BCUT2D eigenvalue weighted by Crippen LogP contribution is 2.33. The van der Waals surface area contributed by atoms with Crippen molar-refractivity contribution in [1.82, 2.24) is 9.88 Å². The lowest BCUT2D eigenvalue weighted by molar-refractivity contribution is -0.121. The van der Waals surface area contributed by atoms with Crippen LogP contribution < -0.4 is 5.73 Å². The monoisotopic (exact) mass is 322 g/mol. The van der Waals surface area contributed by atoms with Crippen molar-refractivity contribution in [3.8, 4) is 6.07 Å². The maximum absolute atomic E-state index is 12.8. The Balaban J connectivity index is 1.88. The summed E-state index contributed by atoms with van der Waals surface area (Å²) in [6.45, 7) is 2.48. The molecule has 0 aliphatic carbocycles. The first-order valence-corrected chi connectivity index (χ1v) is 7.74. The lowest BCUT2D eigenvalue weighted by Gasteiger charge is -2.16. The summed E-state index contributed by atoms with van der Waals surface area (Å²) < 4.78 is 0. The molecule has 0 unspecified atom stereocenters. The quantitative estimate of drug-likeness (QED) is 0.895. The van der Waals surface area contributed by atoms with Crippen LogP contribution in [0.1, 0.15) is 33.2 Å². The number of rotatable bonds is 3. The molecule has 3 N–H and O–H groups in total. The Bertz CT molecular complexity index is 819. The van der Waals surface area contributed by atoms with Crippen LogP contribution in [0.2, 0.25) is 0 Å². The van der Waals surface area contributed by atoms with Gasteiger partial charge in [-0.25, -0.2) is 0 Å². The Hall–Kier alpha value is -3.07. The second-order valence-corrected chi connectivity index (χ2v) is 6.07. The van der Waals surface area contributed by atoms with Crippen molar-refractivity contribution in [2.24, 2.45) is 11.7 Å². The average Bonchev–Trinajstić information content (AvgIpc) is 3.19. The van der Waals surface area contributed by atoms with E-state index in [0.717, 1.165) is 5.56 Å². The number of aryl methyl sites for hydroxylation is 1. The highest BCUT2D eigenvalue weighted by Gasteiger charge is 2.40. The molecule has 6 heteroatoms. The van der Waals surface area contributed by atoms with Gasteiger partial charge in [0.25, 0.3) is 5.91 Å². The number of carbonyl (C=O) groups excluding carboxylic acids is 2. The van der Waals surface area contributed by atoms with Gasteiger partial charge in [0.2, 0.25) is 5.91 Å². The molecule has 1 saturated heterocycles. The summed E-state index contributed by atoms with van der Waals surface area (Å²) in [4.78, 5) is 29.1. The Morgan fingerprint density at radius 2 is 2.00 bits per heavy atom. The van der Waals surface area contributed by atoms with E-state index >= 15 is 0 Å². The number of nitriles is 1. The molecular formula is C18H18N4O2. The van der Waals surface area contributed by atoms with E-state index in [1.807, 2.05) is 36.4 Å². The number of carbonyl (C=O) groups is 2. The molecule has 3 rings (SSSR count). The van der Waals surface area contributed by atoms with E-state index in [0.29, 0.717) is 30.0 Å². The number of H-pyrrole nitrogens is 1. The molecule has 2 atom stereocenters. The number of primary amides is 1. The first kappa shape index (κ1) is 15.8. The smallest absolute Gasteiger partial charge is 0.255 e. The van der Waals surface area contributed by atoms with Crippen LogP contribution in [-0.2, 0) is 4.79 Å². The van der Waals surface area contributed by atoms with E-state index < -0.39 is 11.8 Å². The fourth-order valence-electron chi connectivity index (χ4n) is 3.31. The van der Waals surface area contributed by atoms with E-state index in [4.69, 9.17) is 11.0 Å². The minimum absolute atomic E-state index is 0.109. The summed E-state index contributed by atoms with van der Waals surface area (Å²) in [5.41, 5.74) is 8.01. The van der Waals surface area contributed by atoms with Gasteiger partial charge in [0.15, 0.2) is 0 Å². The molecule has 1 aromatic heterocycles. The highest BCUT2D eigenvalue weighted by atomic mass is 16.2. The van der Waals surface area contributed by atoms with Crippen LogP contribution in [-0.4, -0.2) is 34.8 Å². The average molecular weight is 322 g/mol. The third kappa shape index (κ3) is 2.76. The molecule has 2 aromatic rings. The van der Waals surface area contributed by atoms with Gasteiger partial charge in [-0.1, -0.05) is 30.3 Å². The molecule has 0 bridgehead atoms. The van der Waals surface area contributed by atoms with Gasteiger partial charge in [-0.3, -0.25) is 9.59 Å². The zero-order valence-corrected chi connectivity index (χ0v) is 13.3. The summed E-state index contributed by atoms with van der Waals surface area (Å²) in [6.07, 6.45) is 0. The molecule has 122 valence electrons. The van der Waals surface area contributed by atoms with Crippen LogP contribution in [0.4, 0.5) is 0 Å². The van der Waals surface area contributed by atoms with Crippen molar-refractivity contribution in [3.05, 3.63) is 58.9 Å². The largest absolute Gasteiger partial charge is 0.369 e. The topological polar surface area (TPSA) is 103 Å². The van der Waals surface area contributed by atoms with E-state index in [2.05, 4.69) is 4.98 Å². The lowest BCUT2D eigenvalue weighted by atomic mass is 9.89. The van der Waals surface area contributed by atoms with Gasteiger partial charge in [-0.05, 0) is 18.6 Å². The second-order valence-electron chi connectivity index (χ2n) is 6.07. The number of aromatic amines is 1. The molecule has 2 heterocycles. The van der Waals surface area contributed by atoms with Crippen LogP contribution >= 0.6 is 0 Å². The molecule has 0 radical (unpaired) electrons. The van der Waals surface area contributed by atoms with Gasteiger partial charge in [-0.2, -0.15) is 5.26 Å². The predicted molar refractivity (Wildman–Crippen MR) is 88.0 cm³/mol. The van der Waals surface area contributed by atoms with Crippen molar-refractivity contribution < 1.29 is 9.59 Å². The van der Waals surface area contributed by atoms with Crippen molar-refractivity contribution in [2.45, 2.75) is 12.8 Å². The maximum Gasteiger partial charge on any atom is 0.255 e. The number of nitrogens with zero attached hydrogens (tertiary/aromatic N) is 2. The second kappa shape index (κ2) is 6.20. The Kier molecular flexibility index (Phi) is 4.09. The molecule has 1 aliphatic rings. The molecule has 6 nitrogen and oxygen atoms in total. The van der Waals surface area contributed by atoms with Gasteiger partial charge in [0.1, 0.15) is 11.8 Å². The number of aromatic nitrogens is 1. The third-order valence-corrected chi connectivity index (χ3v) is 4.57. The predicted octanol–water partition coefficient (Wildman–Crippen LogP) is 1.54. The lowest BCUT2D eigenvalue weighted by Crippen LogP contribution is -2.32. The summed E-state index contributed by atoms with van der Waals surface area (Å²) in [5.74, 6) is -1.11. The SMILES string of the molecule is Cc1[nH]c(C#N)cc1C(=O)N1C[C@H](C(N)=O)[C@@H](c2ccccc2)C1. The summed E-state index contributed by atoms with van der Waals surface area (Å²) in [6, 6.07) is 13.2. The van der Waals surface area contributed by atoms with Crippen LogP contribution in [0.15, 0.2) is 36.4 Å². The minimum atomic E-state index is -0.411. The first-order valence-electron chi connectivity index (χ1n) is 7.74. The number of hydrogen-bond donors (Lipinski definition) is 2. The molecular weight excluding hydrogens is 304 g/mol. The molecule has 2 amide bonds. The standard InChI is InChI=1S/C18H18N4O2/c1-11-14(7-13(8-19)21-11)18(24)22-9-15(16(10-22)17(20)23)12-5-3-2-4-6-12/h2-7,15-16,21H,9-10H2,1H3,(H2,20,23)/t15-,16+/m1/s1. The normalized spacial score (nSPS) is 19.9. The van der Waals surface area contributed by atoms with E-state index in [9.17, 15) is 9.59 Å².